The average molecular weight is 774 g/mol. The van der Waals surface area contributed by atoms with E-state index in [4.69, 9.17) is 23.7 Å². The van der Waals surface area contributed by atoms with Crippen molar-refractivity contribution in [3.63, 3.8) is 0 Å². The number of amides is 1. The molecule has 1 saturated heterocycles. The van der Waals surface area contributed by atoms with Gasteiger partial charge in [0.05, 0.1) is 43.4 Å². The second-order valence-electron chi connectivity index (χ2n) is 15.1. The minimum atomic E-state index is -1.60. The van der Waals surface area contributed by atoms with Gasteiger partial charge in [-0.05, 0) is 65.1 Å². The molecule has 57 heavy (non-hydrogen) atoms. The molecule has 0 aromatic heterocycles. The standard InChI is InChI=1S/C44H40N2O11/c1-53-27-15-25-16-29(23-7-2-3-8-23)38-33(48)20-46-19-30-24(9-4-11-28(30)43(46)52)10-6-14-55-42-39(49)35(57-44(41(42)51)56-34(17-27)37(25)40(38)50)22-54-21-26-18-45-31-12-5-13-32(47)36(26)31/h4-5,9,11-13,15-18,23,35,39,41-42,44,49-51H,2-3,7-8,10,19-22H2,1H3/p+1/t35-,39-,41-,42+,44-/m1/s1. The molecule has 6 aliphatic rings. The van der Waals surface area contributed by atoms with Crippen molar-refractivity contribution in [2.45, 2.75) is 75.3 Å². The lowest BCUT2D eigenvalue weighted by molar-refractivity contribution is -0.382. The lowest BCUT2D eigenvalue weighted by Crippen LogP contribution is -2.64. The first kappa shape index (κ1) is 36.8. The van der Waals surface area contributed by atoms with Crippen LogP contribution in [0, 0.1) is 12.0 Å². The van der Waals surface area contributed by atoms with Crippen LogP contribution in [-0.4, -0.2) is 101 Å². The van der Waals surface area contributed by atoms with E-state index in [1.807, 2.05) is 12.1 Å². The smallest absolute Gasteiger partial charge is 0.254 e. The minimum Gasteiger partial charge on any atom is -0.506 e. The summed E-state index contributed by atoms with van der Waals surface area (Å²) in [5.74, 6) is 2.21. The summed E-state index contributed by atoms with van der Waals surface area (Å²) in [6.45, 7) is -0.246. The predicted octanol–water partition coefficient (Wildman–Crippen LogP) is 2.28. The maximum Gasteiger partial charge on any atom is 0.254 e. The number of allylic oxidation sites excluding steroid dienone is 4. The third-order valence-corrected chi connectivity index (χ3v) is 11.7. The Morgan fingerprint density at radius 3 is 2.72 bits per heavy atom. The zero-order chi connectivity index (χ0) is 39.4. The number of fused-ring (bicyclic) bond motifs is 5. The van der Waals surface area contributed by atoms with Crippen molar-refractivity contribution in [2.24, 2.45) is 0 Å². The molecule has 4 N–H and O–H groups in total. The van der Waals surface area contributed by atoms with Crippen LogP contribution in [0.5, 0.6) is 17.2 Å². The molecule has 292 valence electrons. The lowest BCUT2D eigenvalue weighted by atomic mass is 9.87. The molecule has 13 nitrogen and oxygen atoms in total. The summed E-state index contributed by atoms with van der Waals surface area (Å²) in [5, 5.41) is 36.2. The Bertz CT molecular complexity index is 2400. The summed E-state index contributed by atoms with van der Waals surface area (Å²) >= 11 is 0. The van der Waals surface area contributed by atoms with Crippen LogP contribution in [0.2, 0.25) is 0 Å². The molecule has 6 bridgehead atoms. The van der Waals surface area contributed by atoms with Gasteiger partial charge in [-0.15, -0.1) is 0 Å². The van der Waals surface area contributed by atoms with Gasteiger partial charge < -0.3 is 43.9 Å². The van der Waals surface area contributed by atoms with Gasteiger partial charge in [0.2, 0.25) is 12.0 Å². The lowest BCUT2D eigenvalue weighted by Gasteiger charge is -2.41. The van der Waals surface area contributed by atoms with Crippen molar-refractivity contribution in [3.05, 3.63) is 99.3 Å². The minimum absolute atomic E-state index is 0.0115. The first-order valence-corrected chi connectivity index (χ1v) is 19.2. The van der Waals surface area contributed by atoms with Gasteiger partial charge in [-0.3, -0.25) is 14.4 Å². The molecule has 1 amide bonds. The first-order valence-electron chi connectivity index (χ1n) is 19.2. The van der Waals surface area contributed by atoms with Gasteiger partial charge in [-0.1, -0.05) is 37.0 Å². The number of ether oxygens (including phenoxy) is 5. The Morgan fingerprint density at radius 2 is 1.89 bits per heavy atom. The van der Waals surface area contributed by atoms with E-state index in [0.29, 0.717) is 39.1 Å². The number of aromatic hydroxyl groups is 1. The van der Waals surface area contributed by atoms with Gasteiger partial charge in [0.1, 0.15) is 41.1 Å². The Balaban J connectivity index is 1.12. The van der Waals surface area contributed by atoms with Gasteiger partial charge in [0, 0.05) is 30.7 Å². The Kier molecular flexibility index (Phi) is 9.66. The summed E-state index contributed by atoms with van der Waals surface area (Å²) < 4.78 is 30.1. The summed E-state index contributed by atoms with van der Waals surface area (Å²) in [6, 6.07) is 10.5. The van der Waals surface area contributed by atoms with Crippen LogP contribution in [0.15, 0.2) is 71.5 Å². The second kappa shape index (κ2) is 14.9. The number of aliphatic hydroxyl groups is 2. The molecule has 0 spiro atoms. The molecule has 4 aliphatic heterocycles. The van der Waals surface area contributed by atoms with E-state index in [0.717, 1.165) is 36.8 Å². The number of ketones is 2. The third kappa shape index (κ3) is 6.58. The van der Waals surface area contributed by atoms with Crippen LogP contribution >= 0.6 is 0 Å². The predicted molar refractivity (Wildman–Crippen MR) is 204 cm³/mol. The topological polar surface area (TPSA) is 175 Å². The number of hydrogen-bond donors (Lipinski definition) is 4. The number of methoxy groups -OCH3 is 1. The van der Waals surface area contributed by atoms with Crippen molar-refractivity contribution < 1.29 is 58.4 Å². The van der Waals surface area contributed by atoms with Crippen LogP contribution in [-0.2, 0) is 32.0 Å². The molecule has 3 aromatic rings. The van der Waals surface area contributed by atoms with E-state index in [1.54, 1.807) is 36.6 Å². The highest BCUT2D eigenvalue weighted by Gasteiger charge is 2.48. The number of benzene rings is 3. The second-order valence-corrected chi connectivity index (χ2v) is 15.1. The number of phenolic OH excluding ortho intramolecular Hbond substituents is 1. The van der Waals surface area contributed by atoms with Crippen molar-refractivity contribution in [1.82, 2.24) is 4.90 Å². The van der Waals surface area contributed by atoms with Crippen molar-refractivity contribution >= 4 is 34.5 Å². The molecule has 0 radical (unpaired) electrons. The monoisotopic (exact) mass is 773 g/mol. The van der Waals surface area contributed by atoms with Crippen molar-refractivity contribution in [2.75, 3.05) is 26.9 Å². The SMILES string of the molecule is COc1cc2c3c(O)c(c(C4CCCC4)cc3c1)C(=O)CN1Cc3c(cccc3C1=O)CC#CO[C@@H]1[C@@H](O)[C@H](O2)O[C@H](COCC2=C3C(=O)C=CC=C3[NH+]=C2)[C@H]1O. The normalized spacial score (nSPS) is 25.5. The highest BCUT2D eigenvalue weighted by atomic mass is 16.7. The highest BCUT2D eigenvalue weighted by Crippen LogP contribution is 2.47. The zero-order valence-corrected chi connectivity index (χ0v) is 31.2. The van der Waals surface area contributed by atoms with Gasteiger partial charge in [-0.25, -0.2) is 4.99 Å². The molecule has 9 rings (SSSR count). The molecule has 4 heterocycles. The van der Waals surface area contributed by atoms with E-state index in [-0.39, 0.29) is 72.8 Å². The van der Waals surface area contributed by atoms with Gasteiger partial charge in [0.15, 0.2) is 30.0 Å². The fourth-order valence-electron chi connectivity index (χ4n) is 8.80. The molecule has 0 unspecified atom stereocenters. The number of nitrogens with one attached hydrogen (secondary N) is 1. The quantitative estimate of drug-likeness (QED) is 0.271. The third-order valence-electron chi connectivity index (χ3n) is 11.7. The number of hydrogen-bond acceptors (Lipinski definition) is 11. The molecular weight excluding hydrogens is 732 g/mol. The Hall–Kier alpha value is -5.78. The van der Waals surface area contributed by atoms with Crippen LogP contribution in [0.4, 0.5) is 0 Å². The van der Waals surface area contributed by atoms with Crippen LogP contribution in [0.1, 0.15) is 69.0 Å². The van der Waals surface area contributed by atoms with Crippen LogP contribution < -0.4 is 14.5 Å². The summed E-state index contributed by atoms with van der Waals surface area (Å²) in [6.07, 6.45) is 6.08. The molecule has 1 saturated carbocycles. The van der Waals surface area contributed by atoms with Crippen molar-refractivity contribution in [1.29, 1.82) is 0 Å². The molecule has 2 fully saturated rings. The van der Waals surface area contributed by atoms with Gasteiger partial charge >= 0.3 is 0 Å². The number of aliphatic hydroxyl groups excluding tert-OH is 2. The fraction of sp³-hybridized carbons (Fsp3) is 0.364. The van der Waals surface area contributed by atoms with Crippen molar-refractivity contribution in [3.8, 4) is 29.3 Å². The largest absolute Gasteiger partial charge is 0.506 e. The average Bonchev–Trinajstić information content (AvgIpc) is 3.96. The molecule has 5 atom stereocenters. The molecule has 13 heteroatoms. The van der Waals surface area contributed by atoms with E-state index < -0.39 is 36.5 Å². The van der Waals surface area contributed by atoms with E-state index in [9.17, 15) is 29.7 Å². The van der Waals surface area contributed by atoms with Crippen LogP contribution in [0.25, 0.3) is 10.8 Å². The van der Waals surface area contributed by atoms with E-state index >= 15 is 0 Å². The number of phenols is 1. The number of carbonyl (C=O) groups is 3. The summed E-state index contributed by atoms with van der Waals surface area (Å²) in [4.78, 5) is 45.3. The maximum atomic E-state index is 14.5. The Labute approximate surface area is 327 Å². The molecule has 3 aromatic carbocycles. The fourth-order valence-corrected chi connectivity index (χ4v) is 8.80. The number of nitrogens with zero attached hydrogens (tertiary/aromatic N) is 1. The first-order chi connectivity index (χ1) is 27.7. The number of Topliss-reactive ketones (excluding diaryl/α,β-unsaturated/α-hetero) is 1. The van der Waals surface area contributed by atoms with Gasteiger partial charge in [-0.2, -0.15) is 0 Å². The molecule has 2 aliphatic carbocycles. The number of carbonyl (C=O) groups excluding carboxylic acids is 3. The highest BCUT2D eigenvalue weighted by molar-refractivity contribution is 6.13. The summed E-state index contributed by atoms with van der Waals surface area (Å²) in [5.41, 5.74) is 4.59. The maximum absolute atomic E-state index is 14.5. The van der Waals surface area contributed by atoms with E-state index in [1.165, 1.54) is 24.2 Å². The summed E-state index contributed by atoms with van der Waals surface area (Å²) in [7, 11) is 1.49. The van der Waals surface area contributed by atoms with Crippen LogP contribution in [0.3, 0.4) is 0 Å². The van der Waals surface area contributed by atoms with E-state index in [2.05, 4.69) is 17.0 Å². The van der Waals surface area contributed by atoms with Gasteiger partial charge in [0.25, 0.3) is 5.91 Å². The zero-order valence-electron chi connectivity index (χ0n) is 31.2. The number of rotatable bonds is 6. The molecular formula is C44H41N2O11+. The Morgan fingerprint density at radius 1 is 1.05 bits per heavy atom.